The minimum atomic E-state index is -0.0444. The normalized spacial score (nSPS) is 13.4. The van der Waals surface area contributed by atoms with Gasteiger partial charge in [0.15, 0.2) is 6.61 Å². The molecule has 5 rings (SSSR count). The number of amides is 1. The zero-order valence-corrected chi connectivity index (χ0v) is 18.2. The number of nitrogens with zero attached hydrogens (tertiary/aromatic N) is 3. The van der Waals surface area contributed by atoms with Crippen LogP contribution in [0.2, 0.25) is 0 Å². The Morgan fingerprint density at radius 1 is 0.939 bits per heavy atom. The molecule has 0 atom stereocenters. The summed E-state index contributed by atoms with van der Waals surface area (Å²) in [6.07, 6.45) is -0.0333. The highest BCUT2D eigenvalue weighted by molar-refractivity contribution is 5.78. The maximum Gasteiger partial charge on any atom is 0.260 e. The van der Waals surface area contributed by atoms with Crippen LogP contribution in [0.5, 0.6) is 11.5 Å². The summed E-state index contributed by atoms with van der Waals surface area (Å²) in [5, 5.41) is 4.07. The number of likely N-dealkylation sites (tertiary alicyclic amines) is 1. The molecule has 2 heterocycles. The van der Waals surface area contributed by atoms with E-state index >= 15 is 0 Å². The zero-order valence-electron chi connectivity index (χ0n) is 18.2. The maximum absolute atomic E-state index is 12.3. The van der Waals surface area contributed by atoms with Gasteiger partial charge in [0, 0.05) is 11.1 Å². The Bertz CT molecular complexity index is 1210. The van der Waals surface area contributed by atoms with Crippen LogP contribution >= 0.6 is 0 Å². The van der Waals surface area contributed by atoms with Gasteiger partial charge in [0.1, 0.15) is 17.6 Å². The first-order chi connectivity index (χ1) is 16.1. The highest BCUT2D eigenvalue weighted by atomic mass is 16.5. The van der Waals surface area contributed by atoms with E-state index in [0.717, 1.165) is 22.4 Å². The van der Waals surface area contributed by atoms with Gasteiger partial charge in [-0.2, -0.15) is 4.98 Å². The first-order valence-electron chi connectivity index (χ1n) is 10.8. The Hall–Kier alpha value is -4.13. The monoisotopic (exact) mass is 441 g/mol. The molecule has 0 aliphatic carbocycles. The molecule has 0 spiro atoms. The summed E-state index contributed by atoms with van der Waals surface area (Å²) in [6, 6.07) is 24.8. The molecule has 1 aromatic heterocycles. The van der Waals surface area contributed by atoms with E-state index in [2.05, 4.69) is 10.1 Å². The zero-order chi connectivity index (χ0) is 22.6. The van der Waals surface area contributed by atoms with Crippen molar-refractivity contribution in [1.82, 2.24) is 15.0 Å². The molecule has 1 aliphatic heterocycles. The largest absolute Gasteiger partial charge is 0.487 e. The number of benzene rings is 3. The number of aromatic nitrogens is 2. The summed E-state index contributed by atoms with van der Waals surface area (Å²) in [5.74, 6) is 2.39. The predicted molar refractivity (Wildman–Crippen MR) is 123 cm³/mol. The minimum absolute atomic E-state index is 0.0279. The van der Waals surface area contributed by atoms with Gasteiger partial charge in [0.25, 0.3) is 11.8 Å². The van der Waals surface area contributed by atoms with E-state index in [1.807, 2.05) is 85.8 Å². The van der Waals surface area contributed by atoms with Crippen molar-refractivity contribution in [2.45, 2.75) is 13.0 Å². The van der Waals surface area contributed by atoms with E-state index < -0.39 is 0 Å². The van der Waals surface area contributed by atoms with Gasteiger partial charge in [-0.3, -0.25) is 4.79 Å². The second-order valence-electron chi connectivity index (χ2n) is 7.95. The lowest BCUT2D eigenvalue weighted by Crippen LogP contribution is -2.57. The van der Waals surface area contributed by atoms with E-state index in [1.165, 1.54) is 0 Å². The Kier molecular flexibility index (Phi) is 5.76. The topological polar surface area (TPSA) is 77.7 Å². The molecule has 7 heteroatoms. The second-order valence-corrected chi connectivity index (χ2v) is 7.95. The molecule has 0 saturated carbocycles. The van der Waals surface area contributed by atoms with Gasteiger partial charge in [0.2, 0.25) is 5.82 Å². The SMILES string of the molecule is Cc1ccc(OCC(=O)N2CC(Oc3ccc(-c4noc(-c5ccccc5)n4)cc3)C2)cc1. The van der Waals surface area contributed by atoms with E-state index in [4.69, 9.17) is 14.0 Å². The van der Waals surface area contributed by atoms with Crippen LogP contribution in [-0.2, 0) is 4.79 Å². The number of hydrogen-bond donors (Lipinski definition) is 0. The number of rotatable bonds is 7. The fourth-order valence-corrected chi connectivity index (χ4v) is 3.50. The van der Waals surface area contributed by atoms with E-state index in [0.29, 0.717) is 30.6 Å². The van der Waals surface area contributed by atoms with Crippen molar-refractivity contribution >= 4 is 5.91 Å². The summed E-state index contributed by atoms with van der Waals surface area (Å²) in [5.41, 5.74) is 2.87. The van der Waals surface area contributed by atoms with Gasteiger partial charge in [-0.15, -0.1) is 0 Å². The Morgan fingerprint density at radius 2 is 1.64 bits per heavy atom. The van der Waals surface area contributed by atoms with Crippen molar-refractivity contribution in [2.75, 3.05) is 19.7 Å². The van der Waals surface area contributed by atoms with E-state index in [-0.39, 0.29) is 18.6 Å². The molecule has 0 unspecified atom stereocenters. The molecule has 1 aliphatic rings. The van der Waals surface area contributed by atoms with Crippen LogP contribution in [0.4, 0.5) is 0 Å². The number of carbonyl (C=O) groups excluding carboxylic acids is 1. The summed E-state index contributed by atoms with van der Waals surface area (Å²) < 4.78 is 16.9. The quantitative estimate of drug-likeness (QED) is 0.424. The van der Waals surface area contributed by atoms with Crippen LogP contribution in [0, 0.1) is 6.92 Å². The van der Waals surface area contributed by atoms with Gasteiger partial charge in [0.05, 0.1) is 13.1 Å². The lowest BCUT2D eigenvalue weighted by atomic mass is 10.1. The van der Waals surface area contributed by atoms with Gasteiger partial charge < -0.3 is 18.9 Å². The Morgan fingerprint density at radius 3 is 2.36 bits per heavy atom. The molecule has 0 N–H and O–H groups in total. The minimum Gasteiger partial charge on any atom is -0.487 e. The highest BCUT2D eigenvalue weighted by Gasteiger charge is 2.32. The lowest BCUT2D eigenvalue weighted by molar-refractivity contribution is -0.142. The molecule has 4 aromatic rings. The predicted octanol–water partition coefficient (Wildman–Crippen LogP) is 4.38. The second kappa shape index (κ2) is 9.16. The average molecular weight is 441 g/mol. The number of ether oxygens (including phenoxy) is 2. The van der Waals surface area contributed by atoms with Crippen molar-refractivity contribution in [3.63, 3.8) is 0 Å². The van der Waals surface area contributed by atoms with Crippen LogP contribution in [0.3, 0.4) is 0 Å². The van der Waals surface area contributed by atoms with Crippen molar-refractivity contribution in [2.24, 2.45) is 0 Å². The number of carbonyl (C=O) groups is 1. The van der Waals surface area contributed by atoms with Crippen LogP contribution in [0.25, 0.3) is 22.8 Å². The van der Waals surface area contributed by atoms with Crippen LogP contribution < -0.4 is 9.47 Å². The molecule has 166 valence electrons. The summed E-state index contributed by atoms with van der Waals surface area (Å²) >= 11 is 0. The van der Waals surface area contributed by atoms with Crippen molar-refractivity contribution < 1.29 is 18.8 Å². The van der Waals surface area contributed by atoms with Gasteiger partial charge in [-0.1, -0.05) is 41.1 Å². The maximum atomic E-state index is 12.3. The molecule has 1 fully saturated rings. The first-order valence-corrected chi connectivity index (χ1v) is 10.8. The smallest absolute Gasteiger partial charge is 0.260 e. The number of aryl methyl sites for hydroxylation is 1. The molecule has 7 nitrogen and oxygen atoms in total. The van der Waals surface area contributed by atoms with Gasteiger partial charge in [-0.25, -0.2) is 0 Å². The Labute approximate surface area is 191 Å². The molecular weight excluding hydrogens is 418 g/mol. The van der Waals surface area contributed by atoms with Crippen LogP contribution in [-0.4, -0.2) is 46.7 Å². The molecular formula is C26H23N3O4. The first kappa shape index (κ1) is 20.8. The third kappa shape index (κ3) is 4.87. The summed E-state index contributed by atoms with van der Waals surface area (Å²) in [6.45, 7) is 3.13. The van der Waals surface area contributed by atoms with Crippen molar-refractivity contribution in [3.8, 4) is 34.3 Å². The third-order valence-electron chi connectivity index (χ3n) is 5.45. The molecule has 33 heavy (non-hydrogen) atoms. The van der Waals surface area contributed by atoms with Crippen LogP contribution in [0.1, 0.15) is 5.56 Å². The van der Waals surface area contributed by atoms with Gasteiger partial charge in [-0.05, 0) is 55.5 Å². The van der Waals surface area contributed by atoms with E-state index in [9.17, 15) is 4.79 Å². The van der Waals surface area contributed by atoms with Crippen molar-refractivity contribution in [1.29, 1.82) is 0 Å². The van der Waals surface area contributed by atoms with E-state index in [1.54, 1.807) is 4.90 Å². The summed E-state index contributed by atoms with van der Waals surface area (Å²) in [4.78, 5) is 18.5. The third-order valence-corrected chi connectivity index (χ3v) is 5.45. The molecule has 3 aromatic carbocycles. The molecule has 1 amide bonds. The fourth-order valence-electron chi connectivity index (χ4n) is 3.50. The lowest BCUT2D eigenvalue weighted by Gasteiger charge is -2.38. The molecule has 0 radical (unpaired) electrons. The fraction of sp³-hybridized carbons (Fsp3) is 0.192. The number of hydrogen-bond acceptors (Lipinski definition) is 6. The van der Waals surface area contributed by atoms with Gasteiger partial charge >= 0.3 is 0 Å². The molecule has 0 bridgehead atoms. The van der Waals surface area contributed by atoms with Crippen molar-refractivity contribution in [3.05, 3.63) is 84.4 Å². The Balaban J connectivity index is 1.10. The average Bonchev–Trinajstić information content (AvgIpc) is 3.32. The van der Waals surface area contributed by atoms with Crippen LogP contribution in [0.15, 0.2) is 83.4 Å². The molecule has 1 saturated heterocycles. The summed E-state index contributed by atoms with van der Waals surface area (Å²) in [7, 11) is 0. The standard InChI is InChI=1S/C26H23N3O4/c1-18-7-11-21(12-8-18)31-17-24(30)29-15-23(16-29)32-22-13-9-19(10-14-22)25-27-26(33-28-25)20-5-3-2-4-6-20/h2-14,23H,15-17H2,1H3. The highest BCUT2D eigenvalue weighted by Crippen LogP contribution is 2.25.